The summed E-state index contributed by atoms with van der Waals surface area (Å²) in [6, 6.07) is 4.54. The van der Waals surface area contributed by atoms with Gasteiger partial charge in [-0.2, -0.15) is 0 Å². The number of esters is 5. The third-order valence-electron chi connectivity index (χ3n) is 18.8. The van der Waals surface area contributed by atoms with Crippen LogP contribution in [0.3, 0.4) is 0 Å². The molecule has 6 bridgehead atoms. The molecule has 9 fully saturated rings. The van der Waals surface area contributed by atoms with Crippen molar-refractivity contribution in [1.29, 1.82) is 0 Å². The fraction of sp³-hybridized carbons (Fsp3) is 0.712. The number of benzene rings is 1. The second-order valence-electron chi connectivity index (χ2n) is 21.9. The second kappa shape index (κ2) is 17.4. The van der Waals surface area contributed by atoms with Crippen molar-refractivity contribution in [2.24, 2.45) is 107 Å². The molecule has 18 atom stereocenters. The number of hydrogen-bond donors (Lipinski definition) is 1. The zero-order chi connectivity index (χ0) is 43.7. The van der Waals surface area contributed by atoms with Crippen molar-refractivity contribution in [2.45, 2.75) is 84.0 Å². The predicted octanol–water partition coefficient (Wildman–Crippen LogP) is 7.89. The Hall–Kier alpha value is -3.99. The molecule has 9 aliphatic carbocycles. The lowest BCUT2D eigenvalue weighted by Crippen LogP contribution is -2.29. The number of ether oxygens (including phenoxy) is 5. The first-order valence-corrected chi connectivity index (χ1v) is 24.3. The first-order valence-electron chi connectivity index (χ1n) is 24.3. The molecule has 340 valence electrons. The molecule has 9 aliphatic rings. The van der Waals surface area contributed by atoms with Gasteiger partial charge in [0.1, 0.15) is 0 Å². The minimum Gasteiger partial charge on any atom is -0.462 e. The highest BCUT2D eigenvalue weighted by molar-refractivity contribution is 6.05. The van der Waals surface area contributed by atoms with Gasteiger partial charge in [-0.15, -0.1) is 0 Å². The molecule has 0 aliphatic heterocycles. The molecule has 9 saturated carbocycles. The second-order valence-corrected chi connectivity index (χ2v) is 21.9. The summed E-state index contributed by atoms with van der Waals surface area (Å²) in [5.74, 6) is 6.15. The average molecular weight is 867 g/mol. The van der Waals surface area contributed by atoms with Crippen molar-refractivity contribution in [3.8, 4) is 0 Å². The average Bonchev–Trinajstić information content (AvgIpc) is 4.14. The fourth-order valence-electron chi connectivity index (χ4n) is 16.4. The van der Waals surface area contributed by atoms with Crippen molar-refractivity contribution >= 4 is 29.8 Å². The van der Waals surface area contributed by atoms with E-state index in [1.54, 1.807) is 13.0 Å². The Balaban J connectivity index is 0.777. The van der Waals surface area contributed by atoms with E-state index in [0.29, 0.717) is 114 Å². The number of aliphatic hydroxyl groups excluding tert-OH is 1. The van der Waals surface area contributed by atoms with Gasteiger partial charge in [0.15, 0.2) is 0 Å². The van der Waals surface area contributed by atoms with Crippen LogP contribution in [0.2, 0.25) is 0 Å². The van der Waals surface area contributed by atoms with Gasteiger partial charge in [-0.1, -0.05) is 13.2 Å². The summed E-state index contributed by atoms with van der Waals surface area (Å²) < 4.78 is 28.9. The number of carbonyl (C=O) groups is 5. The van der Waals surface area contributed by atoms with Gasteiger partial charge in [-0.3, -0.25) is 0 Å². The maximum atomic E-state index is 14.0. The van der Waals surface area contributed by atoms with E-state index in [-0.39, 0.29) is 66.2 Å². The van der Waals surface area contributed by atoms with Crippen molar-refractivity contribution in [2.75, 3.05) is 39.6 Å². The molecule has 0 spiro atoms. The summed E-state index contributed by atoms with van der Waals surface area (Å²) in [7, 11) is 0. The van der Waals surface area contributed by atoms with Crippen LogP contribution >= 0.6 is 0 Å². The van der Waals surface area contributed by atoms with E-state index >= 15 is 0 Å². The molecule has 10 rings (SSSR count). The standard InChI is InChI=1S/C52H66O11/c1-4-48(54)59-21-27-7-39-33-15-36(43(19-33)45(39)10-27)25-63-51(57)37-6-5-30(16-47(37)52(58)61-23-29-9-38-31-13-34(20-53)41(17-31)44(38)11-29)50(56)62-24-35-14-32-18-42(35)46-12-28(8-40(32)46)22-60-49(55)26(2)3/h4-6,16,27-29,31-36,38-46,53H,1-2,7-15,17-25H2,3H3. The monoisotopic (exact) mass is 866 g/mol. The van der Waals surface area contributed by atoms with E-state index in [9.17, 15) is 29.1 Å². The minimum absolute atomic E-state index is 0.0286. The van der Waals surface area contributed by atoms with Crippen LogP contribution in [0.4, 0.5) is 0 Å². The molecule has 63 heavy (non-hydrogen) atoms. The Kier molecular flexibility index (Phi) is 11.9. The topological polar surface area (TPSA) is 152 Å². The van der Waals surface area contributed by atoms with Crippen LogP contribution in [-0.2, 0) is 33.3 Å². The maximum absolute atomic E-state index is 14.0. The Morgan fingerprint density at radius 1 is 0.540 bits per heavy atom. The smallest absolute Gasteiger partial charge is 0.339 e. The molecule has 11 heteroatoms. The molecule has 1 N–H and O–H groups in total. The van der Waals surface area contributed by atoms with Crippen LogP contribution in [0.5, 0.6) is 0 Å². The molecule has 0 heterocycles. The van der Waals surface area contributed by atoms with Crippen molar-refractivity contribution in [3.05, 3.63) is 59.7 Å². The van der Waals surface area contributed by atoms with E-state index in [2.05, 4.69) is 13.2 Å². The largest absolute Gasteiger partial charge is 0.462 e. The Morgan fingerprint density at radius 2 is 0.984 bits per heavy atom. The molecule has 18 unspecified atom stereocenters. The summed E-state index contributed by atoms with van der Waals surface area (Å²) in [4.78, 5) is 65.4. The van der Waals surface area contributed by atoms with Crippen LogP contribution in [0.1, 0.15) is 115 Å². The highest BCUT2D eigenvalue weighted by Crippen LogP contribution is 2.64. The third kappa shape index (κ3) is 8.09. The molecular weight excluding hydrogens is 801 g/mol. The zero-order valence-corrected chi connectivity index (χ0v) is 36.9. The number of fused-ring (bicyclic) bond motifs is 15. The Bertz CT molecular complexity index is 2010. The highest BCUT2D eigenvalue weighted by atomic mass is 16.5. The first kappa shape index (κ1) is 42.9. The van der Waals surface area contributed by atoms with Gasteiger partial charge in [0.25, 0.3) is 0 Å². The lowest BCUT2D eigenvalue weighted by Gasteiger charge is -2.31. The van der Waals surface area contributed by atoms with Crippen LogP contribution in [0.15, 0.2) is 43.0 Å². The van der Waals surface area contributed by atoms with Crippen LogP contribution in [0.25, 0.3) is 0 Å². The summed E-state index contributed by atoms with van der Waals surface area (Å²) >= 11 is 0. The SMILES string of the molecule is C=CC(=O)OCC1CC2C3CC(COC(=O)c4ccc(C(=O)OCC5CC6CC5C5CC(COC(=O)C(=C)C)CC65)cc4C(=O)OCC4CC5C6CC(CO)C(C6)C5C4)C(C3)C2C1. The normalized spacial score (nSPS) is 40.6. The Labute approximate surface area is 371 Å². The van der Waals surface area contributed by atoms with E-state index < -0.39 is 17.9 Å². The van der Waals surface area contributed by atoms with Gasteiger partial charge in [-0.25, -0.2) is 24.0 Å². The predicted molar refractivity (Wildman–Crippen MR) is 230 cm³/mol. The van der Waals surface area contributed by atoms with Crippen LogP contribution in [0, 0.1) is 107 Å². The van der Waals surface area contributed by atoms with Gasteiger partial charge in [0.2, 0.25) is 0 Å². The fourth-order valence-corrected chi connectivity index (χ4v) is 16.4. The van der Waals surface area contributed by atoms with E-state index in [4.69, 9.17) is 23.7 Å². The maximum Gasteiger partial charge on any atom is 0.339 e. The summed E-state index contributed by atoms with van der Waals surface area (Å²) in [6.07, 6.45) is 14.0. The molecule has 0 radical (unpaired) electrons. The summed E-state index contributed by atoms with van der Waals surface area (Å²) in [5.41, 5.74) is 0.745. The third-order valence-corrected chi connectivity index (χ3v) is 18.8. The van der Waals surface area contributed by atoms with Crippen molar-refractivity contribution < 1.29 is 52.8 Å². The lowest BCUT2D eigenvalue weighted by atomic mass is 9.76. The molecule has 0 aromatic heterocycles. The van der Waals surface area contributed by atoms with Crippen molar-refractivity contribution in [3.63, 3.8) is 0 Å². The summed E-state index contributed by atoms with van der Waals surface area (Å²) in [5, 5.41) is 9.95. The molecule has 11 nitrogen and oxygen atoms in total. The van der Waals surface area contributed by atoms with Crippen LogP contribution in [-0.4, -0.2) is 74.6 Å². The minimum atomic E-state index is -0.634. The van der Waals surface area contributed by atoms with Crippen molar-refractivity contribution in [1.82, 2.24) is 0 Å². The first-order chi connectivity index (χ1) is 30.5. The quantitative estimate of drug-likeness (QED) is 0.0982. The van der Waals surface area contributed by atoms with E-state index in [1.165, 1.54) is 24.6 Å². The molecule has 0 saturated heterocycles. The summed E-state index contributed by atoms with van der Waals surface area (Å²) in [6.45, 7) is 10.8. The molecule has 1 aromatic rings. The molecule has 1 aromatic carbocycles. The molecule has 0 amide bonds. The van der Waals surface area contributed by atoms with Gasteiger partial charge < -0.3 is 28.8 Å². The van der Waals surface area contributed by atoms with Gasteiger partial charge >= 0.3 is 29.8 Å². The number of hydrogen-bond acceptors (Lipinski definition) is 11. The Morgan fingerprint density at radius 3 is 1.51 bits per heavy atom. The number of aliphatic hydroxyl groups is 1. The number of carbonyl (C=O) groups excluding carboxylic acids is 5. The zero-order valence-electron chi connectivity index (χ0n) is 36.9. The van der Waals surface area contributed by atoms with E-state index in [0.717, 1.165) is 70.6 Å². The van der Waals surface area contributed by atoms with Crippen LogP contribution < -0.4 is 0 Å². The highest BCUT2D eigenvalue weighted by Gasteiger charge is 2.58. The molecular formula is C52H66O11. The van der Waals surface area contributed by atoms with Gasteiger partial charge in [-0.05, 0) is 209 Å². The number of rotatable bonds is 16. The van der Waals surface area contributed by atoms with Gasteiger partial charge in [0.05, 0.1) is 49.7 Å². The van der Waals surface area contributed by atoms with E-state index in [1.807, 2.05) is 0 Å². The lowest BCUT2D eigenvalue weighted by molar-refractivity contribution is -0.140. The van der Waals surface area contributed by atoms with Gasteiger partial charge in [0, 0.05) is 18.3 Å².